The molecule has 1 atom stereocenters. The van der Waals surface area contributed by atoms with Crippen molar-refractivity contribution in [3.8, 4) is 5.75 Å². The topological polar surface area (TPSA) is 58.6 Å². The van der Waals surface area contributed by atoms with E-state index in [4.69, 9.17) is 16.3 Å². The van der Waals surface area contributed by atoms with E-state index >= 15 is 0 Å². The van der Waals surface area contributed by atoms with E-state index in [0.29, 0.717) is 23.7 Å². The second kappa shape index (κ2) is 8.56. The molecule has 0 saturated heterocycles. The third kappa shape index (κ3) is 5.58. The Morgan fingerprint density at radius 3 is 2.70 bits per heavy atom. The van der Waals surface area contributed by atoms with E-state index in [1.54, 1.807) is 24.3 Å². The third-order valence-electron chi connectivity index (χ3n) is 3.33. The Morgan fingerprint density at radius 2 is 2.00 bits per heavy atom. The summed E-state index contributed by atoms with van der Waals surface area (Å²) in [4.78, 5) is 11.9. The molecule has 0 bridgehead atoms. The van der Waals surface area contributed by atoms with Gasteiger partial charge < -0.3 is 15.2 Å². The summed E-state index contributed by atoms with van der Waals surface area (Å²) in [5.74, 6) is 0.565. The van der Waals surface area contributed by atoms with Crippen molar-refractivity contribution in [3.05, 3.63) is 64.7 Å². The number of halogens is 1. The van der Waals surface area contributed by atoms with Gasteiger partial charge in [-0.1, -0.05) is 35.9 Å². The Labute approximate surface area is 141 Å². The molecular formula is C18H20ClNO3. The number of hydrogen-bond acceptors (Lipinski definition) is 3. The molecule has 0 fully saturated rings. The Balaban J connectivity index is 1.85. The number of amides is 1. The molecule has 2 N–H and O–H groups in total. The Morgan fingerprint density at radius 1 is 1.26 bits per heavy atom. The molecule has 0 heterocycles. The van der Waals surface area contributed by atoms with Crippen LogP contribution in [0.15, 0.2) is 48.5 Å². The zero-order valence-corrected chi connectivity index (χ0v) is 13.7. The van der Waals surface area contributed by atoms with Crippen LogP contribution in [-0.2, 0) is 11.3 Å². The van der Waals surface area contributed by atoms with Crippen LogP contribution in [-0.4, -0.2) is 17.6 Å². The van der Waals surface area contributed by atoms with Gasteiger partial charge in [-0.25, -0.2) is 0 Å². The lowest BCUT2D eigenvalue weighted by atomic mass is 10.1. The van der Waals surface area contributed by atoms with Crippen LogP contribution in [0.1, 0.15) is 30.6 Å². The molecule has 1 amide bonds. The largest absolute Gasteiger partial charge is 0.494 e. The summed E-state index contributed by atoms with van der Waals surface area (Å²) in [5.41, 5.74) is 1.62. The van der Waals surface area contributed by atoms with Gasteiger partial charge in [-0.3, -0.25) is 4.79 Å². The lowest BCUT2D eigenvalue weighted by Gasteiger charge is -2.12. The van der Waals surface area contributed by atoms with Crippen LogP contribution in [0.2, 0.25) is 5.02 Å². The highest BCUT2D eigenvalue weighted by Crippen LogP contribution is 2.19. The van der Waals surface area contributed by atoms with Crippen LogP contribution in [0.25, 0.3) is 0 Å². The van der Waals surface area contributed by atoms with Crippen LogP contribution in [0.5, 0.6) is 5.75 Å². The van der Waals surface area contributed by atoms with E-state index in [1.807, 2.05) is 31.2 Å². The average molecular weight is 334 g/mol. The Bertz CT molecular complexity index is 643. The van der Waals surface area contributed by atoms with Gasteiger partial charge in [-0.05, 0) is 42.3 Å². The van der Waals surface area contributed by atoms with Crippen molar-refractivity contribution in [1.29, 1.82) is 0 Å². The normalized spacial score (nSPS) is 11.8. The monoisotopic (exact) mass is 333 g/mol. The van der Waals surface area contributed by atoms with E-state index in [1.165, 1.54) is 0 Å². The molecule has 2 aromatic carbocycles. The molecule has 4 nitrogen and oxygen atoms in total. The van der Waals surface area contributed by atoms with E-state index in [-0.39, 0.29) is 12.3 Å². The van der Waals surface area contributed by atoms with Crippen molar-refractivity contribution >= 4 is 17.5 Å². The van der Waals surface area contributed by atoms with Crippen LogP contribution in [0.4, 0.5) is 0 Å². The van der Waals surface area contributed by atoms with Gasteiger partial charge in [0.1, 0.15) is 5.75 Å². The summed E-state index contributed by atoms with van der Waals surface area (Å²) in [6.07, 6.45) is -0.839. The molecule has 0 aliphatic carbocycles. The van der Waals surface area contributed by atoms with Gasteiger partial charge >= 0.3 is 0 Å². The minimum absolute atomic E-state index is 0.00673. The summed E-state index contributed by atoms with van der Waals surface area (Å²) in [7, 11) is 0. The number of rotatable bonds is 7. The molecule has 122 valence electrons. The first kappa shape index (κ1) is 17.3. The first-order chi connectivity index (χ1) is 11.1. The molecule has 0 aliphatic heterocycles. The fourth-order valence-electron chi connectivity index (χ4n) is 2.16. The molecule has 2 rings (SSSR count). The van der Waals surface area contributed by atoms with Crippen LogP contribution >= 0.6 is 11.6 Å². The highest BCUT2D eigenvalue weighted by Gasteiger charge is 2.12. The number of carbonyl (C=O) groups is 1. The second-order valence-electron chi connectivity index (χ2n) is 5.13. The molecule has 2 aromatic rings. The average Bonchev–Trinajstić information content (AvgIpc) is 2.54. The summed E-state index contributed by atoms with van der Waals surface area (Å²) in [6, 6.07) is 14.4. The minimum atomic E-state index is -0.845. The zero-order chi connectivity index (χ0) is 16.7. The molecule has 23 heavy (non-hydrogen) atoms. The van der Waals surface area contributed by atoms with Gasteiger partial charge in [0.05, 0.1) is 19.1 Å². The lowest BCUT2D eigenvalue weighted by Crippen LogP contribution is -2.24. The molecule has 0 radical (unpaired) electrons. The number of carbonyl (C=O) groups excluding carboxylic acids is 1. The van der Waals surface area contributed by atoms with Crippen molar-refractivity contribution in [3.63, 3.8) is 0 Å². The quantitative estimate of drug-likeness (QED) is 0.815. The van der Waals surface area contributed by atoms with Crippen LogP contribution in [0.3, 0.4) is 0 Å². The van der Waals surface area contributed by atoms with Crippen molar-refractivity contribution in [2.45, 2.75) is 26.0 Å². The second-order valence-corrected chi connectivity index (χ2v) is 5.57. The SMILES string of the molecule is CCOc1cccc(CNC(=O)CC(O)c2ccc(Cl)cc2)c1. The van der Waals surface area contributed by atoms with Gasteiger partial charge in [0.25, 0.3) is 0 Å². The summed E-state index contributed by atoms with van der Waals surface area (Å²) in [6.45, 7) is 2.92. The smallest absolute Gasteiger partial charge is 0.223 e. The molecule has 0 aliphatic rings. The van der Waals surface area contributed by atoms with E-state index in [2.05, 4.69) is 5.32 Å². The molecule has 1 unspecified atom stereocenters. The maximum atomic E-state index is 11.9. The van der Waals surface area contributed by atoms with E-state index < -0.39 is 6.10 Å². The zero-order valence-electron chi connectivity index (χ0n) is 13.0. The standard InChI is InChI=1S/C18H20ClNO3/c1-2-23-16-5-3-4-13(10-16)12-20-18(22)11-17(21)14-6-8-15(19)9-7-14/h3-10,17,21H,2,11-12H2,1H3,(H,20,22). The minimum Gasteiger partial charge on any atom is -0.494 e. The number of ether oxygens (including phenoxy) is 1. The van der Waals surface area contributed by atoms with Gasteiger partial charge in [-0.15, -0.1) is 0 Å². The lowest BCUT2D eigenvalue weighted by molar-refractivity contribution is -0.123. The first-order valence-corrected chi connectivity index (χ1v) is 7.88. The van der Waals surface area contributed by atoms with Crippen LogP contribution < -0.4 is 10.1 Å². The summed E-state index contributed by atoms with van der Waals surface area (Å²) >= 11 is 5.80. The number of benzene rings is 2. The first-order valence-electron chi connectivity index (χ1n) is 7.50. The summed E-state index contributed by atoms with van der Waals surface area (Å²) in [5, 5.41) is 13.5. The highest BCUT2D eigenvalue weighted by molar-refractivity contribution is 6.30. The fourth-order valence-corrected chi connectivity index (χ4v) is 2.29. The van der Waals surface area contributed by atoms with E-state index in [0.717, 1.165) is 11.3 Å². The third-order valence-corrected chi connectivity index (χ3v) is 3.58. The number of nitrogens with one attached hydrogen (secondary N) is 1. The van der Waals surface area contributed by atoms with Crippen molar-refractivity contribution in [2.75, 3.05) is 6.61 Å². The Hall–Kier alpha value is -2.04. The van der Waals surface area contributed by atoms with Crippen LogP contribution in [0, 0.1) is 0 Å². The molecule has 5 heteroatoms. The van der Waals surface area contributed by atoms with Gasteiger partial charge in [-0.2, -0.15) is 0 Å². The predicted molar refractivity (Wildman–Crippen MR) is 90.5 cm³/mol. The highest BCUT2D eigenvalue weighted by atomic mass is 35.5. The maximum Gasteiger partial charge on any atom is 0.223 e. The fraction of sp³-hybridized carbons (Fsp3) is 0.278. The molecule has 0 aromatic heterocycles. The molecular weight excluding hydrogens is 314 g/mol. The predicted octanol–water partition coefficient (Wildman–Crippen LogP) is 3.48. The van der Waals surface area contributed by atoms with Gasteiger partial charge in [0, 0.05) is 11.6 Å². The maximum absolute atomic E-state index is 11.9. The molecule has 0 saturated carbocycles. The van der Waals surface area contributed by atoms with Crippen molar-refractivity contribution < 1.29 is 14.6 Å². The number of aliphatic hydroxyl groups excluding tert-OH is 1. The Kier molecular flexibility index (Phi) is 6.44. The number of hydrogen-bond donors (Lipinski definition) is 2. The van der Waals surface area contributed by atoms with E-state index in [9.17, 15) is 9.90 Å². The van der Waals surface area contributed by atoms with Crippen molar-refractivity contribution in [1.82, 2.24) is 5.32 Å². The van der Waals surface area contributed by atoms with Crippen molar-refractivity contribution in [2.24, 2.45) is 0 Å². The number of aliphatic hydroxyl groups is 1. The molecule has 0 spiro atoms. The van der Waals surface area contributed by atoms with Gasteiger partial charge in [0.2, 0.25) is 5.91 Å². The van der Waals surface area contributed by atoms with Gasteiger partial charge in [0.15, 0.2) is 0 Å². The summed E-state index contributed by atoms with van der Waals surface area (Å²) < 4.78 is 5.42.